The van der Waals surface area contributed by atoms with Crippen molar-refractivity contribution in [2.24, 2.45) is 0 Å². The molecule has 7 heteroatoms. The Bertz CT molecular complexity index is 730. The summed E-state index contributed by atoms with van der Waals surface area (Å²) in [6, 6.07) is 14.2. The number of halogens is 4. The van der Waals surface area contributed by atoms with Crippen molar-refractivity contribution >= 4 is 23.2 Å². The fourth-order valence-electron chi connectivity index (χ4n) is 1.97. The van der Waals surface area contributed by atoms with Crippen molar-refractivity contribution in [2.45, 2.75) is 25.1 Å². The maximum Gasteiger partial charge on any atom is 0.426 e. The molecule has 1 atom stereocenters. The highest BCUT2D eigenvalue weighted by Gasteiger charge is 2.55. The average molecular weight is 358 g/mol. The Morgan fingerprint density at radius 2 is 1.75 bits per heavy atom. The summed E-state index contributed by atoms with van der Waals surface area (Å²) >= 11 is 6.03. The SMILES string of the molecule is C[C@@](O)(C(=O)Nc1ccc(Cc2ccccc2)cc1Cl)C(F)(F)F. The molecule has 24 heavy (non-hydrogen) atoms. The summed E-state index contributed by atoms with van der Waals surface area (Å²) in [7, 11) is 0. The second-order valence-corrected chi connectivity index (χ2v) is 5.91. The largest absolute Gasteiger partial charge is 0.426 e. The second kappa shape index (κ2) is 6.83. The van der Waals surface area contributed by atoms with E-state index in [-0.39, 0.29) is 10.7 Å². The van der Waals surface area contributed by atoms with Crippen LogP contribution in [0.15, 0.2) is 48.5 Å². The summed E-state index contributed by atoms with van der Waals surface area (Å²) in [6.45, 7) is 0.389. The van der Waals surface area contributed by atoms with Gasteiger partial charge < -0.3 is 10.4 Å². The minimum Gasteiger partial charge on any atom is -0.373 e. The molecule has 0 aliphatic rings. The Morgan fingerprint density at radius 3 is 2.29 bits per heavy atom. The zero-order valence-electron chi connectivity index (χ0n) is 12.7. The van der Waals surface area contributed by atoms with Gasteiger partial charge in [0, 0.05) is 0 Å². The number of benzene rings is 2. The minimum absolute atomic E-state index is 0.00278. The third-order valence-electron chi connectivity index (χ3n) is 3.53. The molecular formula is C17H15ClF3NO2. The molecule has 3 nitrogen and oxygen atoms in total. The molecule has 0 saturated carbocycles. The maximum atomic E-state index is 12.6. The van der Waals surface area contributed by atoms with E-state index in [0.717, 1.165) is 11.1 Å². The number of alkyl halides is 3. The Kier molecular flexibility index (Phi) is 5.20. The zero-order chi connectivity index (χ0) is 18.0. The summed E-state index contributed by atoms with van der Waals surface area (Å²) < 4.78 is 37.9. The lowest BCUT2D eigenvalue weighted by atomic mass is 10.0. The molecule has 1 amide bonds. The van der Waals surface area contributed by atoms with E-state index < -0.39 is 17.7 Å². The lowest BCUT2D eigenvalue weighted by Gasteiger charge is -2.25. The number of amides is 1. The van der Waals surface area contributed by atoms with Gasteiger partial charge in [-0.25, -0.2) is 0 Å². The van der Waals surface area contributed by atoms with Gasteiger partial charge in [0.05, 0.1) is 10.7 Å². The van der Waals surface area contributed by atoms with Crippen molar-refractivity contribution in [3.8, 4) is 0 Å². The zero-order valence-corrected chi connectivity index (χ0v) is 13.4. The van der Waals surface area contributed by atoms with E-state index in [1.54, 1.807) is 12.1 Å². The molecular weight excluding hydrogens is 343 g/mol. The number of anilines is 1. The number of rotatable bonds is 4. The molecule has 0 bridgehead atoms. The van der Waals surface area contributed by atoms with Crippen LogP contribution in [0.25, 0.3) is 0 Å². The van der Waals surface area contributed by atoms with Gasteiger partial charge in [-0.15, -0.1) is 0 Å². The predicted molar refractivity (Wildman–Crippen MR) is 86.0 cm³/mol. The Hall–Kier alpha value is -2.05. The summed E-state index contributed by atoms with van der Waals surface area (Å²) in [5, 5.41) is 11.4. The first kappa shape index (κ1) is 18.3. The maximum absolute atomic E-state index is 12.6. The van der Waals surface area contributed by atoms with Crippen LogP contribution in [0, 0.1) is 0 Å². The van der Waals surface area contributed by atoms with Gasteiger partial charge in [-0.3, -0.25) is 4.79 Å². The van der Waals surface area contributed by atoms with Crippen LogP contribution in [0.1, 0.15) is 18.1 Å². The van der Waals surface area contributed by atoms with Crippen LogP contribution in [0.3, 0.4) is 0 Å². The Balaban J connectivity index is 2.14. The molecule has 0 fully saturated rings. The standard InChI is InChI=1S/C17H15ClF3NO2/c1-16(24,17(19,20)21)15(23)22-14-8-7-12(10-13(14)18)9-11-5-3-2-4-6-11/h2-8,10,24H,9H2,1H3,(H,22,23)/t16-/m1/s1. The van der Waals surface area contributed by atoms with Crippen LogP contribution in [0.4, 0.5) is 18.9 Å². The van der Waals surface area contributed by atoms with E-state index in [1.807, 2.05) is 35.6 Å². The summed E-state index contributed by atoms with van der Waals surface area (Å²) in [5.74, 6) is -1.59. The van der Waals surface area contributed by atoms with Crippen LogP contribution >= 0.6 is 11.6 Å². The molecule has 2 aromatic carbocycles. The van der Waals surface area contributed by atoms with Gasteiger partial charge in [0.15, 0.2) is 0 Å². The summed E-state index contributed by atoms with van der Waals surface area (Å²) in [6.07, 6.45) is -4.49. The minimum atomic E-state index is -5.09. The van der Waals surface area contributed by atoms with Gasteiger partial charge in [0.2, 0.25) is 5.60 Å². The smallest absolute Gasteiger partial charge is 0.373 e. The molecule has 0 radical (unpaired) electrons. The van der Waals surface area contributed by atoms with Crippen molar-refractivity contribution in [1.82, 2.24) is 0 Å². The Morgan fingerprint density at radius 1 is 1.12 bits per heavy atom. The molecule has 128 valence electrons. The quantitative estimate of drug-likeness (QED) is 0.862. The Labute approximate surface area is 142 Å². The highest BCUT2D eigenvalue weighted by Crippen LogP contribution is 2.32. The number of nitrogens with one attached hydrogen (secondary N) is 1. The van der Waals surface area contributed by atoms with E-state index in [9.17, 15) is 23.1 Å². The highest BCUT2D eigenvalue weighted by molar-refractivity contribution is 6.33. The van der Waals surface area contributed by atoms with Crippen molar-refractivity contribution < 1.29 is 23.1 Å². The molecule has 2 aromatic rings. The van der Waals surface area contributed by atoms with E-state index in [0.29, 0.717) is 13.3 Å². The molecule has 0 aliphatic heterocycles. The number of hydrogen-bond acceptors (Lipinski definition) is 2. The highest BCUT2D eigenvalue weighted by atomic mass is 35.5. The van der Waals surface area contributed by atoms with E-state index in [1.165, 1.54) is 6.07 Å². The van der Waals surface area contributed by atoms with Gasteiger partial charge in [-0.2, -0.15) is 13.2 Å². The molecule has 0 saturated heterocycles. The molecule has 0 heterocycles. The number of aliphatic hydroxyl groups is 1. The molecule has 2 N–H and O–H groups in total. The van der Waals surface area contributed by atoms with Gasteiger partial charge in [-0.1, -0.05) is 48.0 Å². The summed E-state index contributed by atoms with van der Waals surface area (Å²) in [4.78, 5) is 11.7. The lowest BCUT2D eigenvalue weighted by molar-refractivity contribution is -0.242. The normalized spacial score (nSPS) is 14.1. The topological polar surface area (TPSA) is 49.3 Å². The van der Waals surface area contributed by atoms with Crippen LogP contribution < -0.4 is 5.32 Å². The van der Waals surface area contributed by atoms with E-state index in [2.05, 4.69) is 0 Å². The van der Waals surface area contributed by atoms with Crippen LogP contribution in [-0.2, 0) is 11.2 Å². The van der Waals surface area contributed by atoms with Crippen LogP contribution in [-0.4, -0.2) is 22.8 Å². The van der Waals surface area contributed by atoms with Crippen LogP contribution in [0.5, 0.6) is 0 Å². The van der Waals surface area contributed by atoms with Gasteiger partial charge >= 0.3 is 6.18 Å². The number of carbonyl (C=O) groups excluding carboxylic acids is 1. The van der Waals surface area contributed by atoms with Crippen molar-refractivity contribution in [1.29, 1.82) is 0 Å². The first-order valence-electron chi connectivity index (χ1n) is 7.04. The van der Waals surface area contributed by atoms with Crippen molar-refractivity contribution in [3.05, 3.63) is 64.7 Å². The number of carbonyl (C=O) groups is 1. The number of hydrogen-bond donors (Lipinski definition) is 2. The predicted octanol–water partition coefficient (Wildman–Crippen LogP) is 4.18. The van der Waals surface area contributed by atoms with Gasteiger partial charge in [0.25, 0.3) is 5.91 Å². The van der Waals surface area contributed by atoms with Crippen LogP contribution in [0.2, 0.25) is 5.02 Å². The molecule has 2 rings (SSSR count). The first-order valence-corrected chi connectivity index (χ1v) is 7.42. The third kappa shape index (κ3) is 4.07. The first-order chi connectivity index (χ1) is 11.1. The van der Waals surface area contributed by atoms with Gasteiger partial charge in [-0.05, 0) is 36.6 Å². The molecule has 0 unspecified atom stereocenters. The molecule has 0 aliphatic carbocycles. The van der Waals surface area contributed by atoms with Crippen molar-refractivity contribution in [2.75, 3.05) is 5.32 Å². The van der Waals surface area contributed by atoms with E-state index in [4.69, 9.17) is 11.6 Å². The fourth-order valence-corrected chi connectivity index (χ4v) is 2.22. The van der Waals surface area contributed by atoms with Gasteiger partial charge in [0.1, 0.15) is 0 Å². The second-order valence-electron chi connectivity index (χ2n) is 5.50. The fraction of sp³-hybridized carbons (Fsp3) is 0.235. The monoisotopic (exact) mass is 357 g/mol. The third-order valence-corrected chi connectivity index (χ3v) is 3.84. The molecule has 0 spiro atoms. The van der Waals surface area contributed by atoms with E-state index >= 15 is 0 Å². The average Bonchev–Trinajstić information content (AvgIpc) is 2.49. The summed E-state index contributed by atoms with van der Waals surface area (Å²) in [5.41, 5.74) is -1.61. The lowest BCUT2D eigenvalue weighted by Crippen LogP contribution is -2.52. The molecule has 0 aromatic heterocycles. The van der Waals surface area contributed by atoms with Crippen molar-refractivity contribution in [3.63, 3.8) is 0 Å².